The van der Waals surface area contributed by atoms with Crippen LogP contribution in [0, 0.1) is 6.92 Å². The molecule has 1 heterocycles. The highest BCUT2D eigenvalue weighted by Gasteiger charge is 2.17. The minimum Gasteiger partial charge on any atom is -0.492 e. The molecule has 34 heavy (non-hydrogen) atoms. The molecule has 0 saturated heterocycles. The quantitative estimate of drug-likeness (QED) is 0.502. The number of hydrogen-bond donors (Lipinski definition) is 2. The first-order valence-electron chi connectivity index (χ1n) is 11.0. The molecule has 0 radical (unpaired) electrons. The lowest BCUT2D eigenvalue weighted by atomic mass is 10.1. The topological polar surface area (TPSA) is 89.1 Å². The summed E-state index contributed by atoms with van der Waals surface area (Å²) in [6.45, 7) is 3.37. The Labute approximate surface area is 198 Å². The number of para-hydroxylation sites is 1. The zero-order valence-corrected chi connectivity index (χ0v) is 19.2. The van der Waals surface area contributed by atoms with Gasteiger partial charge in [0.1, 0.15) is 12.4 Å². The number of carbonyl (C=O) groups is 2. The van der Waals surface area contributed by atoms with Gasteiger partial charge >= 0.3 is 0 Å². The van der Waals surface area contributed by atoms with Crippen LogP contribution in [0.15, 0.2) is 66.7 Å². The molecule has 3 aromatic rings. The number of benzene rings is 3. The lowest BCUT2D eigenvalue weighted by Gasteiger charge is -2.17. The van der Waals surface area contributed by atoms with Gasteiger partial charge in [-0.05, 0) is 55.9 Å². The molecule has 8 nitrogen and oxygen atoms in total. The minimum absolute atomic E-state index is 0.161. The van der Waals surface area contributed by atoms with Gasteiger partial charge in [-0.3, -0.25) is 14.5 Å². The van der Waals surface area contributed by atoms with Crippen molar-refractivity contribution in [3.63, 3.8) is 0 Å². The van der Waals surface area contributed by atoms with Gasteiger partial charge < -0.3 is 24.8 Å². The number of nitrogens with zero attached hydrogens (tertiary/aromatic N) is 1. The van der Waals surface area contributed by atoms with E-state index >= 15 is 0 Å². The Hall–Kier alpha value is -4.04. The van der Waals surface area contributed by atoms with Crippen LogP contribution in [0.5, 0.6) is 17.2 Å². The highest BCUT2D eigenvalue weighted by Crippen LogP contribution is 2.34. The molecular weight excluding hydrogens is 434 g/mol. The van der Waals surface area contributed by atoms with Gasteiger partial charge in [0.25, 0.3) is 5.91 Å². The zero-order chi connectivity index (χ0) is 23.9. The minimum atomic E-state index is -0.338. The molecule has 2 N–H and O–H groups in total. The van der Waals surface area contributed by atoms with Gasteiger partial charge in [-0.25, -0.2) is 0 Å². The average Bonchev–Trinajstić information content (AvgIpc) is 3.27. The largest absolute Gasteiger partial charge is 0.492 e. The Kier molecular flexibility index (Phi) is 7.29. The standard InChI is InChI=1S/C26H27N3O5/c1-18-6-5-7-20(14-18)32-13-12-29(2)16-25(30)28-22-9-4-3-8-21(22)26(31)27-19-10-11-23-24(15-19)34-17-33-23/h3-11,14-15H,12-13,16-17H2,1-2H3,(H,27,31)(H,28,30). The fraction of sp³-hybridized carbons (Fsp3) is 0.231. The number of aryl methyl sites for hydroxylation is 1. The van der Waals surface area contributed by atoms with Crippen molar-refractivity contribution in [2.45, 2.75) is 6.92 Å². The molecule has 0 fully saturated rings. The number of amides is 2. The molecule has 8 heteroatoms. The Morgan fingerprint density at radius 3 is 2.65 bits per heavy atom. The first-order valence-corrected chi connectivity index (χ1v) is 11.0. The number of ether oxygens (including phenoxy) is 3. The van der Waals surface area contributed by atoms with Gasteiger partial charge in [-0.1, -0.05) is 24.3 Å². The van der Waals surface area contributed by atoms with E-state index in [0.29, 0.717) is 41.6 Å². The molecule has 4 rings (SSSR count). The smallest absolute Gasteiger partial charge is 0.257 e. The van der Waals surface area contributed by atoms with Gasteiger partial charge in [0, 0.05) is 18.3 Å². The van der Waals surface area contributed by atoms with Crippen molar-refractivity contribution in [1.29, 1.82) is 0 Å². The van der Waals surface area contributed by atoms with Gasteiger partial charge in [0.2, 0.25) is 12.7 Å². The molecular formula is C26H27N3O5. The predicted molar refractivity (Wildman–Crippen MR) is 130 cm³/mol. The van der Waals surface area contributed by atoms with Gasteiger partial charge in [-0.2, -0.15) is 0 Å². The second kappa shape index (κ2) is 10.7. The number of carbonyl (C=O) groups excluding carboxylic acids is 2. The van der Waals surface area contributed by atoms with E-state index in [2.05, 4.69) is 10.6 Å². The van der Waals surface area contributed by atoms with Crippen molar-refractivity contribution in [3.05, 3.63) is 77.9 Å². The maximum absolute atomic E-state index is 12.9. The summed E-state index contributed by atoms with van der Waals surface area (Å²) < 4.78 is 16.4. The normalized spacial score (nSPS) is 11.9. The van der Waals surface area contributed by atoms with Crippen molar-refractivity contribution >= 4 is 23.2 Å². The van der Waals surface area contributed by atoms with Crippen LogP contribution in [0.4, 0.5) is 11.4 Å². The number of fused-ring (bicyclic) bond motifs is 1. The van der Waals surface area contributed by atoms with Gasteiger partial charge in [-0.15, -0.1) is 0 Å². The monoisotopic (exact) mass is 461 g/mol. The third kappa shape index (κ3) is 6.05. The van der Waals surface area contributed by atoms with Crippen LogP contribution in [0.2, 0.25) is 0 Å². The summed E-state index contributed by atoms with van der Waals surface area (Å²) in [6, 6.07) is 19.9. The Morgan fingerprint density at radius 2 is 1.79 bits per heavy atom. The van der Waals surface area contributed by atoms with E-state index in [-0.39, 0.29) is 25.2 Å². The molecule has 176 valence electrons. The van der Waals surface area contributed by atoms with Crippen LogP contribution in [-0.4, -0.2) is 50.3 Å². The average molecular weight is 462 g/mol. The van der Waals surface area contributed by atoms with Crippen LogP contribution >= 0.6 is 0 Å². The summed E-state index contributed by atoms with van der Waals surface area (Å²) in [5, 5.41) is 5.68. The van der Waals surface area contributed by atoms with E-state index in [0.717, 1.165) is 11.3 Å². The van der Waals surface area contributed by atoms with Crippen LogP contribution in [0.25, 0.3) is 0 Å². The lowest BCUT2D eigenvalue weighted by Crippen LogP contribution is -2.33. The number of rotatable bonds is 9. The Morgan fingerprint density at radius 1 is 0.971 bits per heavy atom. The molecule has 2 amide bonds. The van der Waals surface area contributed by atoms with E-state index in [1.165, 1.54) is 0 Å². The number of anilines is 2. The molecule has 0 unspecified atom stereocenters. The summed E-state index contributed by atoms with van der Waals surface area (Å²) >= 11 is 0. The van der Waals surface area contributed by atoms with Crippen LogP contribution in [0.3, 0.4) is 0 Å². The third-order valence-corrected chi connectivity index (χ3v) is 5.22. The molecule has 1 aliphatic heterocycles. The van der Waals surface area contributed by atoms with E-state index < -0.39 is 0 Å². The molecule has 0 bridgehead atoms. The predicted octanol–water partition coefficient (Wildman–Crippen LogP) is 3.93. The van der Waals surface area contributed by atoms with Crippen LogP contribution in [0.1, 0.15) is 15.9 Å². The second-order valence-electron chi connectivity index (χ2n) is 8.02. The summed E-state index contributed by atoms with van der Waals surface area (Å²) in [5.41, 5.74) is 2.50. The van der Waals surface area contributed by atoms with Crippen LogP contribution < -0.4 is 24.8 Å². The first-order chi connectivity index (χ1) is 16.5. The summed E-state index contributed by atoms with van der Waals surface area (Å²) in [4.78, 5) is 27.3. The number of hydrogen-bond acceptors (Lipinski definition) is 6. The van der Waals surface area contributed by atoms with Crippen molar-refractivity contribution in [2.24, 2.45) is 0 Å². The Bertz CT molecular complexity index is 1180. The van der Waals surface area contributed by atoms with Crippen molar-refractivity contribution in [1.82, 2.24) is 4.90 Å². The summed E-state index contributed by atoms with van der Waals surface area (Å²) in [6.07, 6.45) is 0. The highest BCUT2D eigenvalue weighted by atomic mass is 16.7. The molecule has 0 atom stereocenters. The molecule has 0 saturated carbocycles. The maximum Gasteiger partial charge on any atom is 0.257 e. The summed E-state index contributed by atoms with van der Waals surface area (Å²) in [7, 11) is 1.84. The van der Waals surface area contributed by atoms with Crippen molar-refractivity contribution < 1.29 is 23.8 Å². The van der Waals surface area contributed by atoms with E-state index in [9.17, 15) is 9.59 Å². The van der Waals surface area contributed by atoms with Crippen molar-refractivity contribution in [2.75, 3.05) is 44.2 Å². The zero-order valence-electron chi connectivity index (χ0n) is 19.2. The second-order valence-corrected chi connectivity index (χ2v) is 8.02. The lowest BCUT2D eigenvalue weighted by molar-refractivity contribution is -0.117. The number of nitrogens with one attached hydrogen (secondary N) is 2. The Balaban J connectivity index is 1.30. The van der Waals surface area contributed by atoms with E-state index in [4.69, 9.17) is 14.2 Å². The fourth-order valence-electron chi connectivity index (χ4n) is 3.50. The van der Waals surface area contributed by atoms with E-state index in [1.54, 1.807) is 42.5 Å². The molecule has 0 aliphatic carbocycles. The number of likely N-dealkylation sites (N-methyl/N-ethyl adjacent to an activating group) is 1. The molecule has 1 aliphatic rings. The molecule has 3 aromatic carbocycles. The van der Waals surface area contributed by atoms with Crippen LogP contribution in [-0.2, 0) is 4.79 Å². The van der Waals surface area contributed by atoms with E-state index in [1.807, 2.05) is 43.1 Å². The first kappa shape index (κ1) is 23.1. The van der Waals surface area contributed by atoms with Crippen molar-refractivity contribution in [3.8, 4) is 17.2 Å². The molecule has 0 spiro atoms. The SMILES string of the molecule is Cc1cccc(OCCN(C)CC(=O)Nc2ccccc2C(=O)Nc2ccc3c(c2)OCO3)c1. The highest BCUT2D eigenvalue weighted by molar-refractivity contribution is 6.10. The van der Waals surface area contributed by atoms with Gasteiger partial charge in [0.15, 0.2) is 11.5 Å². The van der Waals surface area contributed by atoms with Gasteiger partial charge in [0.05, 0.1) is 17.8 Å². The molecule has 0 aromatic heterocycles. The maximum atomic E-state index is 12.9. The fourth-order valence-corrected chi connectivity index (χ4v) is 3.50. The summed E-state index contributed by atoms with van der Waals surface area (Å²) in [5.74, 6) is 1.46. The third-order valence-electron chi connectivity index (χ3n) is 5.22.